The number of hydrogen-bond donors (Lipinski definition) is 2. The van der Waals surface area contributed by atoms with Crippen LogP contribution >= 0.6 is 11.6 Å². The number of nitro groups is 1. The van der Waals surface area contributed by atoms with Gasteiger partial charge in [0.05, 0.1) is 10.4 Å². The summed E-state index contributed by atoms with van der Waals surface area (Å²) in [4.78, 5) is 27.0. The lowest BCUT2D eigenvalue weighted by Gasteiger charge is -2.09. The molecule has 26 heavy (non-hydrogen) atoms. The molecule has 0 unspecified atom stereocenters. The minimum absolute atomic E-state index is 0.111. The van der Waals surface area contributed by atoms with Gasteiger partial charge in [-0.1, -0.05) is 35.9 Å². The third-order valence-electron chi connectivity index (χ3n) is 3.71. The van der Waals surface area contributed by atoms with Crippen molar-refractivity contribution in [1.82, 2.24) is 10.3 Å². The van der Waals surface area contributed by atoms with E-state index in [1.807, 2.05) is 30.3 Å². The van der Waals surface area contributed by atoms with E-state index in [0.29, 0.717) is 17.9 Å². The molecule has 0 spiro atoms. The van der Waals surface area contributed by atoms with E-state index in [4.69, 9.17) is 11.6 Å². The first-order chi connectivity index (χ1) is 12.5. The highest BCUT2D eigenvalue weighted by Gasteiger charge is 2.14. The molecule has 2 N–H and O–H groups in total. The monoisotopic (exact) mass is 370 g/mol. The Balaban J connectivity index is 1.58. The van der Waals surface area contributed by atoms with Gasteiger partial charge in [0.2, 0.25) is 0 Å². The summed E-state index contributed by atoms with van der Waals surface area (Å²) in [7, 11) is 0. The molecule has 2 aromatic carbocycles. The first-order valence-electron chi connectivity index (χ1n) is 7.86. The third kappa shape index (κ3) is 4.07. The quantitative estimate of drug-likeness (QED) is 0.392. The smallest absolute Gasteiger partial charge is 0.293 e. The Hall–Kier alpha value is -3.19. The molecule has 0 aliphatic heterocycles. The molecule has 0 fully saturated rings. The zero-order valence-corrected chi connectivity index (χ0v) is 14.4. The van der Waals surface area contributed by atoms with Crippen LogP contribution in [0.1, 0.15) is 10.5 Å². The molecule has 7 nitrogen and oxygen atoms in total. The zero-order valence-electron chi connectivity index (χ0n) is 13.6. The molecule has 0 saturated heterocycles. The second kappa shape index (κ2) is 7.79. The predicted molar refractivity (Wildman–Crippen MR) is 101 cm³/mol. The van der Waals surface area contributed by atoms with Crippen LogP contribution in [0.2, 0.25) is 5.02 Å². The molecule has 8 heteroatoms. The lowest BCUT2D eigenvalue weighted by atomic mass is 10.2. The summed E-state index contributed by atoms with van der Waals surface area (Å²) in [6.45, 7) is 0.606. The summed E-state index contributed by atoms with van der Waals surface area (Å²) < 4.78 is 0. The van der Waals surface area contributed by atoms with Crippen LogP contribution in [0.25, 0.3) is 10.9 Å². The molecule has 0 atom stereocenters. The molecule has 0 bridgehead atoms. The van der Waals surface area contributed by atoms with E-state index in [9.17, 15) is 14.9 Å². The van der Waals surface area contributed by atoms with Gasteiger partial charge in [-0.25, -0.2) is 4.98 Å². The molecule has 3 rings (SSSR count). The lowest BCUT2D eigenvalue weighted by molar-refractivity contribution is -0.383. The Kier molecular flexibility index (Phi) is 5.28. The largest absolute Gasteiger partial charge is 0.378 e. The summed E-state index contributed by atoms with van der Waals surface area (Å²) in [5.41, 5.74) is 1.30. The number of para-hydroxylation sites is 1. The molecule has 0 saturated carbocycles. The van der Waals surface area contributed by atoms with E-state index >= 15 is 0 Å². The van der Waals surface area contributed by atoms with E-state index in [1.54, 1.807) is 12.1 Å². The van der Waals surface area contributed by atoms with Crippen molar-refractivity contribution in [2.45, 2.75) is 0 Å². The summed E-state index contributed by atoms with van der Waals surface area (Å²) in [6.07, 6.45) is 0. The maximum absolute atomic E-state index is 12.2. The summed E-state index contributed by atoms with van der Waals surface area (Å²) in [6, 6.07) is 15.4. The van der Waals surface area contributed by atoms with Crippen molar-refractivity contribution in [2.75, 3.05) is 18.4 Å². The molecule has 1 amide bonds. The van der Waals surface area contributed by atoms with Gasteiger partial charge in [-0.05, 0) is 24.3 Å². The molecule has 0 radical (unpaired) electrons. The van der Waals surface area contributed by atoms with Gasteiger partial charge in [0.25, 0.3) is 11.6 Å². The van der Waals surface area contributed by atoms with Gasteiger partial charge in [-0.2, -0.15) is 0 Å². The Morgan fingerprint density at radius 1 is 1.12 bits per heavy atom. The minimum Gasteiger partial charge on any atom is -0.378 e. The number of carbonyl (C=O) groups excluding carboxylic acids is 1. The maximum Gasteiger partial charge on any atom is 0.293 e. The highest BCUT2D eigenvalue weighted by atomic mass is 35.5. The van der Waals surface area contributed by atoms with Gasteiger partial charge < -0.3 is 10.6 Å². The van der Waals surface area contributed by atoms with Gasteiger partial charge in [0, 0.05) is 29.6 Å². The minimum atomic E-state index is -0.508. The number of anilines is 1. The first kappa shape index (κ1) is 17.6. The van der Waals surface area contributed by atoms with Gasteiger partial charge in [-0.3, -0.25) is 14.9 Å². The highest BCUT2D eigenvalue weighted by Crippen LogP contribution is 2.27. The Morgan fingerprint density at radius 2 is 1.92 bits per heavy atom. The molecule has 1 aromatic heterocycles. The topological polar surface area (TPSA) is 97.2 Å². The zero-order chi connectivity index (χ0) is 18.5. The fourth-order valence-corrected chi connectivity index (χ4v) is 2.63. The average molecular weight is 371 g/mol. The van der Waals surface area contributed by atoms with Gasteiger partial charge >= 0.3 is 0 Å². The highest BCUT2D eigenvalue weighted by molar-refractivity contribution is 6.30. The number of carbonyl (C=O) groups is 1. The molecule has 1 heterocycles. The summed E-state index contributed by atoms with van der Waals surface area (Å²) in [5.74, 6) is -0.303. The number of amides is 1. The van der Waals surface area contributed by atoms with E-state index in [-0.39, 0.29) is 23.2 Å². The Labute approximate surface area is 154 Å². The fraction of sp³-hybridized carbons (Fsp3) is 0.111. The standard InChI is InChI=1S/C18H15ClN4O3/c19-13-6-8-15(17(11-13)23(25)26)20-9-10-21-18(24)16-7-5-12-3-1-2-4-14(12)22-16/h1-8,11,20H,9-10H2,(H,21,24). The van der Waals surface area contributed by atoms with E-state index in [0.717, 1.165) is 10.9 Å². The van der Waals surface area contributed by atoms with Crippen LogP contribution in [0.3, 0.4) is 0 Å². The first-order valence-corrected chi connectivity index (χ1v) is 8.24. The number of nitro benzene ring substituents is 1. The Morgan fingerprint density at radius 3 is 2.73 bits per heavy atom. The fourth-order valence-electron chi connectivity index (χ4n) is 2.46. The number of benzene rings is 2. The lowest BCUT2D eigenvalue weighted by Crippen LogP contribution is -2.29. The number of rotatable bonds is 6. The molecular formula is C18H15ClN4O3. The molecule has 132 valence electrons. The second-order valence-electron chi connectivity index (χ2n) is 5.49. The van der Waals surface area contributed by atoms with Gasteiger partial charge in [0.15, 0.2) is 0 Å². The van der Waals surface area contributed by atoms with Gasteiger partial charge in [0.1, 0.15) is 11.4 Å². The van der Waals surface area contributed by atoms with Crippen molar-refractivity contribution < 1.29 is 9.72 Å². The van der Waals surface area contributed by atoms with Crippen molar-refractivity contribution in [3.8, 4) is 0 Å². The van der Waals surface area contributed by atoms with Crippen molar-refractivity contribution in [1.29, 1.82) is 0 Å². The van der Waals surface area contributed by atoms with E-state index < -0.39 is 4.92 Å². The van der Waals surface area contributed by atoms with Crippen LogP contribution in [0.5, 0.6) is 0 Å². The van der Waals surface area contributed by atoms with Crippen molar-refractivity contribution in [3.05, 3.63) is 75.4 Å². The molecule has 3 aromatic rings. The van der Waals surface area contributed by atoms with Crippen molar-refractivity contribution >= 4 is 39.8 Å². The van der Waals surface area contributed by atoms with E-state index in [1.165, 1.54) is 12.1 Å². The molecular weight excluding hydrogens is 356 g/mol. The number of nitrogens with zero attached hydrogens (tertiary/aromatic N) is 2. The van der Waals surface area contributed by atoms with Crippen molar-refractivity contribution in [2.24, 2.45) is 0 Å². The summed E-state index contributed by atoms with van der Waals surface area (Å²) in [5, 5.41) is 17.9. The summed E-state index contributed by atoms with van der Waals surface area (Å²) >= 11 is 5.78. The number of halogens is 1. The van der Waals surface area contributed by atoms with Crippen LogP contribution < -0.4 is 10.6 Å². The number of fused-ring (bicyclic) bond motifs is 1. The Bertz CT molecular complexity index is 978. The van der Waals surface area contributed by atoms with Crippen LogP contribution in [0, 0.1) is 10.1 Å². The van der Waals surface area contributed by atoms with E-state index in [2.05, 4.69) is 15.6 Å². The van der Waals surface area contributed by atoms with Gasteiger partial charge in [-0.15, -0.1) is 0 Å². The van der Waals surface area contributed by atoms with Crippen LogP contribution in [-0.4, -0.2) is 28.9 Å². The average Bonchev–Trinajstić information content (AvgIpc) is 2.65. The number of hydrogen-bond acceptors (Lipinski definition) is 5. The maximum atomic E-state index is 12.2. The predicted octanol–water partition coefficient (Wildman–Crippen LogP) is 3.64. The van der Waals surface area contributed by atoms with Crippen LogP contribution in [-0.2, 0) is 0 Å². The number of pyridine rings is 1. The normalized spacial score (nSPS) is 10.5. The van der Waals surface area contributed by atoms with Crippen molar-refractivity contribution in [3.63, 3.8) is 0 Å². The third-order valence-corrected chi connectivity index (χ3v) is 3.95. The van der Waals surface area contributed by atoms with Crippen LogP contribution in [0.4, 0.5) is 11.4 Å². The number of nitrogens with one attached hydrogen (secondary N) is 2. The molecule has 0 aliphatic carbocycles. The van der Waals surface area contributed by atoms with Crippen LogP contribution in [0.15, 0.2) is 54.6 Å². The second-order valence-corrected chi connectivity index (χ2v) is 5.93. The SMILES string of the molecule is O=C(NCCNc1ccc(Cl)cc1[N+](=O)[O-])c1ccc2ccccc2n1. The molecule has 0 aliphatic rings. The number of aromatic nitrogens is 1.